The minimum Gasteiger partial charge on any atom is -0.495 e. The van der Waals surface area contributed by atoms with Crippen molar-refractivity contribution in [2.75, 3.05) is 7.11 Å². The number of hydrogen-bond acceptors (Lipinski definition) is 5. The molecule has 3 aromatic carbocycles. The minimum atomic E-state index is -5.08. The van der Waals surface area contributed by atoms with Crippen LogP contribution in [0.3, 0.4) is 0 Å². The molecule has 14 heteroatoms. The van der Waals surface area contributed by atoms with Gasteiger partial charge in [-0.25, -0.2) is 22.9 Å². The molecule has 0 saturated heterocycles. The Balaban J connectivity index is 0.000000591. The molecule has 45 heavy (non-hydrogen) atoms. The van der Waals surface area contributed by atoms with Gasteiger partial charge in [-0.1, -0.05) is 29.4 Å². The van der Waals surface area contributed by atoms with E-state index in [1.54, 1.807) is 31.4 Å². The molecule has 0 aliphatic heterocycles. The van der Waals surface area contributed by atoms with Crippen LogP contribution in [-0.4, -0.2) is 33.9 Å². The van der Waals surface area contributed by atoms with Crippen molar-refractivity contribution in [3.8, 4) is 17.5 Å². The number of halogens is 7. The first kappa shape index (κ1) is 33.7. The number of nitriles is 1. The topological polar surface area (TPSA) is 88.1 Å². The Bertz CT molecular complexity index is 1750. The van der Waals surface area contributed by atoms with E-state index in [1.165, 1.54) is 23.9 Å². The van der Waals surface area contributed by atoms with Crippen LogP contribution in [0.15, 0.2) is 59.8 Å². The van der Waals surface area contributed by atoms with E-state index in [2.05, 4.69) is 6.92 Å². The minimum absolute atomic E-state index is 0.0358. The van der Waals surface area contributed by atoms with Crippen LogP contribution in [0.2, 0.25) is 5.02 Å². The highest BCUT2D eigenvalue weighted by molar-refractivity contribution is 7.98. The lowest BCUT2D eigenvalue weighted by Gasteiger charge is -2.36. The van der Waals surface area contributed by atoms with Gasteiger partial charge in [0.15, 0.2) is 5.16 Å². The predicted molar refractivity (Wildman–Crippen MR) is 155 cm³/mol. The van der Waals surface area contributed by atoms with E-state index in [0.717, 1.165) is 48.3 Å². The highest BCUT2D eigenvalue weighted by Crippen LogP contribution is 2.46. The van der Waals surface area contributed by atoms with Crippen molar-refractivity contribution in [3.63, 3.8) is 0 Å². The van der Waals surface area contributed by atoms with Crippen molar-refractivity contribution >= 4 is 29.3 Å². The fraction of sp³-hybridized carbons (Fsp3) is 0.258. The molecular weight excluding hydrogens is 644 g/mol. The van der Waals surface area contributed by atoms with E-state index in [-0.39, 0.29) is 22.7 Å². The monoisotopic (exact) mass is 667 g/mol. The Labute approximate surface area is 263 Å². The maximum absolute atomic E-state index is 14.6. The maximum Gasteiger partial charge on any atom is 0.490 e. The number of ether oxygens (including phenoxy) is 1. The molecule has 6 nitrogen and oxygen atoms in total. The molecule has 0 saturated carbocycles. The third-order valence-electron chi connectivity index (χ3n) is 7.26. The van der Waals surface area contributed by atoms with Gasteiger partial charge in [-0.3, -0.25) is 4.57 Å². The Morgan fingerprint density at radius 2 is 1.76 bits per heavy atom. The summed E-state index contributed by atoms with van der Waals surface area (Å²) < 4.78 is 82.3. The van der Waals surface area contributed by atoms with Gasteiger partial charge in [-0.2, -0.15) is 18.4 Å². The third kappa shape index (κ3) is 7.23. The first-order valence-corrected chi connectivity index (χ1v) is 14.6. The molecule has 236 valence electrons. The Morgan fingerprint density at radius 3 is 2.31 bits per heavy atom. The smallest absolute Gasteiger partial charge is 0.490 e. The standard InChI is InChI=1S/C29H23ClF3N3OS.C2HF3O2/c1-29(18-5-10-22(30)26(14-18)37-2)11-3-4-25-27(29)36(20-8-6-19(31)7-9-20)28(35-25)38-16-21-23(32)12-17(15-34)13-24(21)33;3-2(4,5)1(6)7/h5-10,12-14H,3-4,11,16H2,1-2H3;(H,6,7). The first-order chi connectivity index (χ1) is 21.2. The molecule has 0 amide bonds. The number of aromatic nitrogens is 2. The number of carboxylic acids is 1. The molecule has 4 aromatic rings. The quantitative estimate of drug-likeness (QED) is 0.164. The van der Waals surface area contributed by atoms with Crippen LogP contribution in [0.25, 0.3) is 5.69 Å². The van der Waals surface area contributed by atoms with Crippen LogP contribution in [0.1, 0.15) is 47.8 Å². The number of carbonyl (C=O) groups is 1. The number of benzene rings is 3. The number of nitrogens with zero attached hydrogens (tertiary/aromatic N) is 3. The number of methoxy groups -OCH3 is 1. The molecule has 0 fully saturated rings. The second kappa shape index (κ2) is 13.5. The van der Waals surface area contributed by atoms with Gasteiger partial charge in [0, 0.05) is 22.4 Å². The zero-order valence-corrected chi connectivity index (χ0v) is 25.3. The average molecular weight is 668 g/mol. The molecule has 1 aromatic heterocycles. The van der Waals surface area contributed by atoms with E-state index in [4.69, 9.17) is 36.5 Å². The number of aryl methyl sites for hydroxylation is 1. The number of fused-ring (bicyclic) bond motifs is 1. The number of rotatable bonds is 6. The number of imidazole rings is 1. The van der Waals surface area contributed by atoms with Crippen molar-refractivity contribution < 1.29 is 41.0 Å². The second-order valence-corrected chi connectivity index (χ2v) is 11.5. The molecule has 1 unspecified atom stereocenters. The lowest BCUT2D eigenvalue weighted by molar-refractivity contribution is -0.192. The Kier molecular flexibility index (Phi) is 10.1. The van der Waals surface area contributed by atoms with Gasteiger partial charge in [0.25, 0.3) is 0 Å². The number of carboxylic acid groups (broad SMARTS) is 1. The van der Waals surface area contributed by atoms with E-state index in [1.807, 2.05) is 16.7 Å². The molecular formula is C31H24ClF6N3O3S. The molecule has 1 N–H and O–H groups in total. The van der Waals surface area contributed by atoms with Crippen molar-refractivity contribution in [2.24, 2.45) is 0 Å². The van der Waals surface area contributed by atoms with Crippen LogP contribution >= 0.6 is 23.4 Å². The number of hydrogen-bond donors (Lipinski definition) is 1. The fourth-order valence-corrected chi connectivity index (χ4v) is 6.31. The lowest BCUT2D eigenvalue weighted by atomic mass is 9.71. The van der Waals surface area contributed by atoms with E-state index in [9.17, 15) is 26.3 Å². The Hall–Kier alpha value is -4.15. The van der Waals surface area contributed by atoms with Gasteiger partial charge < -0.3 is 9.84 Å². The van der Waals surface area contributed by atoms with Crippen LogP contribution < -0.4 is 4.74 Å². The summed E-state index contributed by atoms with van der Waals surface area (Å²) in [5, 5.41) is 17.2. The average Bonchev–Trinajstić information content (AvgIpc) is 3.37. The summed E-state index contributed by atoms with van der Waals surface area (Å²) in [4.78, 5) is 13.8. The highest BCUT2D eigenvalue weighted by atomic mass is 35.5. The van der Waals surface area contributed by atoms with Gasteiger partial charge in [0.05, 0.1) is 35.2 Å². The normalized spacial score (nSPS) is 15.8. The van der Waals surface area contributed by atoms with Crippen molar-refractivity contribution in [2.45, 2.75) is 48.7 Å². The third-order valence-corrected chi connectivity index (χ3v) is 8.54. The van der Waals surface area contributed by atoms with Gasteiger partial charge in [0.1, 0.15) is 23.2 Å². The van der Waals surface area contributed by atoms with Crippen molar-refractivity contribution in [1.29, 1.82) is 5.26 Å². The zero-order valence-electron chi connectivity index (χ0n) is 23.7. The molecule has 1 aliphatic rings. The Morgan fingerprint density at radius 1 is 1.13 bits per heavy atom. The molecule has 1 atom stereocenters. The molecule has 1 aliphatic carbocycles. The second-order valence-electron chi connectivity index (χ2n) is 10.2. The largest absolute Gasteiger partial charge is 0.495 e. The van der Waals surface area contributed by atoms with Gasteiger partial charge in [-0.15, -0.1) is 0 Å². The predicted octanol–water partition coefficient (Wildman–Crippen LogP) is 8.39. The summed E-state index contributed by atoms with van der Waals surface area (Å²) in [5.41, 5.74) is 2.79. The van der Waals surface area contributed by atoms with Gasteiger partial charge in [-0.05, 0) is 80.3 Å². The summed E-state index contributed by atoms with van der Waals surface area (Å²) in [6.07, 6.45) is -2.64. The summed E-state index contributed by atoms with van der Waals surface area (Å²) in [5.74, 6) is -4.16. The molecule has 0 bridgehead atoms. The molecule has 1 heterocycles. The highest BCUT2D eigenvalue weighted by Gasteiger charge is 2.40. The number of thioether (sulfide) groups is 1. The van der Waals surface area contributed by atoms with E-state index >= 15 is 0 Å². The molecule has 5 rings (SSSR count). The zero-order chi connectivity index (χ0) is 33.1. The summed E-state index contributed by atoms with van der Waals surface area (Å²) in [6, 6.07) is 15.6. The van der Waals surface area contributed by atoms with Gasteiger partial charge >= 0.3 is 12.1 Å². The lowest BCUT2D eigenvalue weighted by Crippen LogP contribution is -2.31. The van der Waals surface area contributed by atoms with Crippen LogP contribution in [0, 0.1) is 28.8 Å². The van der Waals surface area contributed by atoms with Gasteiger partial charge in [0.2, 0.25) is 0 Å². The first-order valence-electron chi connectivity index (χ1n) is 13.2. The number of aliphatic carboxylic acids is 1. The summed E-state index contributed by atoms with van der Waals surface area (Å²) in [6.45, 7) is 2.13. The summed E-state index contributed by atoms with van der Waals surface area (Å²) >= 11 is 7.50. The van der Waals surface area contributed by atoms with E-state index < -0.39 is 29.2 Å². The summed E-state index contributed by atoms with van der Waals surface area (Å²) in [7, 11) is 1.57. The van der Waals surface area contributed by atoms with Crippen LogP contribution in [0.4, 0.5) is 26.3 Å². The van der Waals surface area contributed by atoms with Crippen LogP contribution in [-0.2, 0) is 22.4 Å². The fourth-order valence-electron chi connectivity index (χ4n) is 5.06. The SMILES string of the molecule is COc1cc(C2(C)CCCc3nc(SCc4c(F)cc(C#N)cc4F)n(-c4ccc(F)cc4)c32)ccc1Cl.O=C(O)C(F)(F)F. The molecule has 0 spiro atoms. The van der Waals surface area contributed by atoms with E-state index in [0.29, 0.717) is 21.6 Å². The van der Waals surface area contributed by atoms with Crippen molar-refractivity contribution in [1.82, 2.24) is 9.55 Å². The number of alkyl halides is 3. The maximum atomic E-state index is 14.6. The van der Waals surface area contributed by atoms with Crippen molar-refractivity contribution in [3.05, 3.63) is 105 Å². The van der Waals surface area contributed by atoms with Crippen LogP contribution in [0.5, 0.6) is 5.75 Å². The molecule has 0 radical (unpaired) electrons.